The molecule has 35 nitrogen and oxygen atoms in total. The van der Waals surface area contributed by atoms with E-state index in [-0.39, 0.29) is 24.5 Å². The lowest BCUT2D eigenvalue weighted by molar-refractivity contribution is -0.407. The molecule has 0 aromatic heterocycles. The van der Waals surface area contributed by atoms with Gasteiger partial charge in [-0.25, -0.2) is 13.1 Å². The standard InChI is InChI=1S/C51H80N2O33S/c1-53(2)20-8-3-7-19-18(20)6-4-9-27(19)87(73,74)52-10-5-11-75-49-43(35(67)29(61)22(13-55)79-49)86-51-45(37(69)31(63)24(15-57)81-51)85-48-39(71)41(32(64)25(16-58)78-48)82-47-40(72)42(33(65)26(17-59)77-47)83-50-44(36(68)30(62)23(14-56)80-50)84-46-38(70)34(66)28(60)21(12-54)76-46/h3-4,6-9,21-26,28-52,54-72H,5,10-17H2,1-2H3/t21-,22-,23-,24-,25-,26-,28-,29-,30-,31-,32-,33-,34+,35+,36+,37+,38-,39+,40-,41+,42+,43+,44-,45+,46-,47-,48-,49+,50-,51-/m1/s1. The highest BCUT2D eigenvalue weighted by Gasteiger charge is 2.58. The number of fused-ring (bicyclic) bond motifs is 1. The second-order valence-electron chi connectivity index (χ2n) is 21.9. The first-order valence-corrected chi connectivity index (χ1v) is 29.3. The van der Waals surface area contributed by atoms with Crippen LogP contribution in [0.25, 0.3) is 10.8 Å². The van der Waals surface area contributed by atoms with Gasteiger partial charge in [-0.2, -0.15) is 0 Å². The highest BCUT2D eigenvalue weighted by Crippen LogP contribution is 2.38. The van der Waals surface area contributed by atoms with E-state index in [0.29, 0.717) is 10.8 Å². The van der Waals surface area contributed by atoms with Crippen molar-refractivity contribution in [2.45, 2.75) is 196 Å². The van der Waals surface area contributed by atoms with Crippen molar-refractivity contribution in [3.63, 3.8) is 0 Å². The number of hydrogen-bond acceptors (Lipinski definition) is 34. The number of aliphatic hydroxyl groups is 19. The molecule has 6 fully saturated rings. The predicted molar refractivity (Wildman–Crippen MR) is 281 cm³/mol. The van der Waals surface area contributed by atoms with Crippen molar-refractivity contribution in [3.05, 3.63) is 36.4 Å². The second kappa shape index (κ2) is 30.3. The van der Waals surface area contributed by atoms with Crippen molar-refractivity contribution in [1.82, 2.24) is 4.72 Å². The van der Waals surface area contributed by atoms with Crippen molar-refractivity contribution in [3.8, 4) is 0 Å². The van der Waals surface area contributed by atoms with Gasteiger partial charge < -0.3 is 159 Å². The second-order valence-corrected chi connectivity index (χ2v) is 23.6. The van der Waals surface area contributed by atoms with E-state index < -0.39 is 234 Å². The Kier molecular flexibility index (Phi) is 24.4. The highest BCUT2D eigenvalue weighted by molar-refractivity contribution is 7.89. The van der Waals surface area contributed by atoms with E-state index in [9.17, 15) is 105 Å². The number of aliphatic hydroxyl groups excluding tert-OH is 19. The van der Waals surface area contributed by atoms with Crippen LogP contribution in [0, 0.1) is 0 Å². The van der Waals surface area contributed by atoms with Gasteiger partial charge in [0.05, 0.1) is 51.1 Å². The van der Waals surface area contributed by atoms with Crippen molar-refractivity contribution in [2.75, 3.05) is 71.8 Å². The molecule has 2 aromatic carbocycles. The summed E-state index contributed by atoms with van der Waals surface area (Å²) in [4.78, 5) is 1.83. The number of sulfonamides is 1. The Hall–Kier alpha value is -2.83. The fraction of sp³-hybridized carbons (Fsp3) is 0.804. The van der Waals surface area contributed by atoms with Gasteiger partial charge in [-0.15, -0.1) is 0 Å². The van der Waals surface area contributed by atoms with Gasteiger partial charge >= 0.3 is 0 Å². The summed E-state index contributed by atoms with van der Waals surface area (Å²) in [5.74, 6) is 0. The minimum absolute atomic E-state index is 0.00197. The van der Waals surface area contributed by atoms with Gasteiger partial charge in [0, 0.05) is 37.1 Å². The Morgan fingerprint density at radius 2 is 0.747 bits per heavy atom. The van der Waals surface area contributed by atoms with E-state index in [2.05, 4.69) is 4.72 Å². The number of nitrogens with one attached hydrogen (secondary N) is 1. The van der Waals surface area contributed by atoms with Crippen LogP contribution in [0.5, 0.6) is 0 Å². The third kappa shape index (κ3) is 14.8. The summed E-state index contributed by atoms with van der Waals surface area (Å²) >= 11 is 0. The smallest absolute Gasteiger partial charge is 0.241 e. The highest BCUT2D eigenvalue weighted by atomic mass is 32.2. The number of anilines is 1. The molecule has 6 aliphatic heterocycles. The fourth-order valence-corrected chi connectivity index (χ4v) is 12.3. The van der Waals surface area contributed by atoms with Crippen molar-refractivity contribution < 1.29 is 162 Å². The summed E-state index contributed by atoms with van der Waals surface area (Å²) in [6, 6.07) is 10.0. The Balaban J connectivity index is 0.981. The zero-order valence-corrected chi connectivity index (χ0v) is 47.5. The molecule has 0 aliphatic carbocycles. The molecule has 0 spiro atoms. The molecule has 36 heteroatoms. The van der Waals surface area contributed by atoms with Crippen LogP contribution >= 0.6 is 0 Å². The largest absolute Gasteiger partial charge is 0.394 e. The third-order valence-electron chi connectivity index (χ3n) is 15.9. The van der Waals surface area contributed by atoms with Gasteiger partial charge in [-0.1, -0.05) is 24.3 Å². The molecule has 6 saturated heterocycles. The summed E-state index contributed by atoms with van der Waals surface area (Å²) in [6.45, 7) is -6.50. The van der Waals surface area contributed by atoms with E-state index in [4.69, 9.17) is 56.8 Å². The van der Waals surface area contributed by atoms with Crippen LogP contribution in [-0.2, 0) is 66.9 Å². The normalized spacial score (nSPS) is 44.0. The number of rotatable bonds is 24. The lowest BCUT2D eigenvalue weighted by atomic mass is 9.95. The van der Waals surface area contributed by atoms with E-state index in [0.717, 1.165) is 5.69 Å². The molecule has 0 saturated carbocycles. The monoisotopic (exact) mass is 1280 g/mol. The fourth-order valence-electron chi connectivity index (χ4n) is 11.0. The number of benzene rings is 2. The van der Waals surface area contributed by atoms with Gasteiger partial charge in [-0.05, 0) is 18.6 Å². The summed E-state index contributed by atoms with van der Waals surface area (Å²) < 4.78 is 98.9. The molecule has 0 unspecified atom stereocenters. The molecule has 2 aromatic rings. The first-order valence-electron chi connectivity index (χ1n) is 27.9. The van der Waals surface area contributed by atoms with E-state index >= 15 is 0 Å². The van der Waals surface area contributed by atoms with Crippen molar-refractivity contribution in [1.29, 1.82) is 0 Å². The minimum atomic E-state index is -4.12. The van der Waals surface area contributed by atoms with Crippen LogP contribution < -0.4 is 9.62 Å². The average molecular weight is 1280 g/mol. The Bertz CT molecular complexity index is 2590. The lowest BCUT2D eigenvalue weighted by Crippen LogP contribution is -2.68. The zero-order chi connectivity index (χ0) is 63.5. The van der Waals surface area contributed by atoms with Crippen LogP contribution in [0.2, 0.25) is 0 Å². The predicted octanol–water partition coefficient (Wildman–Crippen LogP) is -11.5. The Morgan fingerprint density at radius 1 is 0.402 bits per heavy atom. The molecule has 498 valence electrons. The quantitative estimate of drug-likeness (QED) is 0.0434. The van der Waals surface area contributed by atoms with Crippen LogP contribution in [0.3, 0.4) is 0 Å². The van der Waals surface area contributed by atoms with E-state index in [1.165, 1.54) is 6.07 Å². The van der Waals surface area contributed by atoms with Crippen LogP contribution in [0.1, 0.15) is 6.42 Å². The first kappa shape index (κ1) is 70.0. The van der Waals surface area contributed by atoms with Gasteiger partial charge in [0.1, 0.15) is 146 Å². The summed E-state index contributed by atoms with van der Waals surface area (Å²) in [7, 11) is -0.497. The van der Waals surface area contributed by atoms with E-state index in [1.54, 1.807) is 24.3 Å². The summed E-state index contributed by atoms with van der Waals surface area (Å²) in [6.07, 6.45) is -59.9. The van der Waals surface area contributed by atoms with E-state index in [1.807, 2.05) is 25.1 Å². The maximum absolute atomic E-state index is 13.6. The van der Waals surface area contributed by atoms with Crippen LogP contribution in [0.15, 0.2) is 41.3 Å². The number of ether oxygens (including phenoxy) is 12. The first-order chi connectivity index (χ1) is 41.4. The van der Waals surface area contributed by atoms with Gasteiger partial charge in [0.15, 0.2) is 37.7 Å². The zero-order valence-electron chi connectivity index (χ0n) is 46.7. The lowest BCUT2D eigenvalue weighted by Gasteiger charge is -2.50. The molecule has 0 amide bonds. The van der Waals surface area contributed by atoms with Crippen LogP contribution in [-0.4, -0.2) is 357 Å². The SMILES string of the molecule is CN(C)c1cccc2c(S(=O)(=O)NCCCO[C@H]3O[C@H](CO)[C@@H](O)[C@H](O)[C@@H]3O[C@H]3O[C@H](CO)[C@@H](O)[C@H](O)[C@@H]3O[C@H]3O[C@H](CO)[C@@H](O)[C@H](O[C@H]4O[C@H](CO)[C@@H](O)[C@H](O[C@H]5O[C@H](CO)[C@@H](O)[C@H](O)[C@H]5O[C@H]5O[C@H](CO)[C@@H](O)[C@H](O)[C@H]5O)[C@H]4O)[C@@H]3O)cccc12. The average Bonchev–Trinajstić information content (AvgIpc) is 1.51. The molecule has 87 heavy (non-hydrogen) atoms. The number of nitrogens with zero attached hydrogens (tertiary/aromatic N) is 1. The third-order valence-corrected chi connectivity index (χ3v) is 17.5. The Morgan fingerprint density at radius 3 is 1.20 bits per heavy atom. The topological polar surface area (TPSA) is 545 Å². The molecule has 6 heterocycles. The molecular weight excluding hydrogens is 1200 g/mol. The maximum Gasteiger partial charge on any atom is 0.241 e. The summed E-state index contributed by atoms with van der Waals surface area (Å²) in [5, 5.41) is 207. The summed E-state index contributed by atoms with van der Waals surface area (Å²) in [5.41, 5.74) is 0.777. The van der Waals surface area contributed by atoms with Crippen molar-refractivity contribution in [2.24, 2.45) is 0 Å². The molecule has 30 atom stereocenters. The van der Waals surface area contributed by atoms with Gasteiger partial charge in [0.2, 0.25) is 10.0 Å². The van der Waals surface area contributed by atoms with Gasteiger partial charge in [-0.3, -0.25) is 0 Å². The molecule has 8 rings (SSSR count). The minimum Gasteiger partial charge on any atom is -0.394 e. The molecule has 20 N–H and O–H groups in total. The maximum atomic E-state index is 13.6. The molecule has 0 radical (unpaired) electrons. The number of hydrogen-bond donors (Lipinski definition) is 20. The van der Waals surface area contributed by atoms with Crippen molar-refractivity contribution >= 4 is 26.5 Å². The molecule has 6 aliphatic rings. The van der Waals surface area contributed by atoms with Gasteiger partial charge in [0.25, 0.3) is 0 Å². The molecular formula is C51H80N2O33S. The Labute approximate surface area is 496 Å². The molecule has 0 bridgehead atoms. The van der Waals surface area contributed by atoms with Crippen LogP contribution in [0.4, 0.5) is 5.69 Å².